The predicted molar refractivity (Wildman–Crippen MR) is 63.9 cm³/mol. The molecule has 0 atom stereocenters. The minimum Gasteiger partial charge on any atom is -0.351 e. The Bertz CT molecular complexity index is 344. The van der Waals surface area contributed by atoms with Crippen molar-refractivity contribution in [3.05, 3.63) is 35.9 Å². The zero-order chi connectivity index (χ0) is 11.4. The maximum atomic E-state index is 11.2. The van der Waals surface area contributed by atoms with Gasteiger partial charge in [0.1, 0.15) is 0 Å². The number of hydrogen-bond donors (Lipinski definition) is 1. The van der Waals surface area contributed by atoms with Crippen molar-refractivity contribution in [2.75, 3.05) is 13.1 Å². The van der Waals surface area contributed by atoms with Gasteiger partial charge in [0.25, 0.3) is 0 Å². The van der Waals surface area contributed by atoms with Crippen LogP contribution in [0.15, 0.2) is 30.3 Å². The number of amides is 1. The Balaban J connectivity index is 1.71. The Labute approximate surface area is 96.5 Å². The highest BCUT2D eigenvalue weighted by molar-refractivity contribution is 5.76. The molecule has 0 unspecified atom stereocenters. The monoisotopic (exact) mass is 218 g/mol. The minimum atomic E-state index is 0.157. The second kappa shape index (κ2) is 5.12. The Morgan fingerprint density at radius 2 is 2.06 bits per heavy atom. The molecule has 0 saturated carbocycles. The Morgan fingerprint density at radius 3 is 2.69 bits per heavy atom. The van der Waals surface area contributed by atoms with Gasteiger partial charge in [0, 0.05) is 26.1 Å². The lowest BCUT2D eigenvalue weighted by molar-refractivity contribution is -0.122. The van der Waals surface area contributed by atoms with Gasteiger partial charge < -0.3 is 5.32 Å². The van der Waals surface area contributed by atoms with Crippen molar-refractivity contribution in [2.24, 2.45) is 0 Å². The van der Waals surface area contributed by atoms with Gasteiger partial charge >= 0.3 is 0 Å². The average Bonchev–Trinajstić information content (AvgIpc) is 2.27. The molecule has 1 heterocycles. The summed E-state index contributed by atoms with van der Waals surface area (Å²) in [7, 11) is 0. The summed E-state index contributed by atoms with van der Waals surface area (Å²) in [4.78, 5) is 13.5. The van der Waals surface area contributed by atoms with Crippen molar-refractivity contribution < 1.29 is 4.79 Å². The van der Waals surface area contributed by atoms with Crippen LogP contribution in [0.5, 0.6) is 0 Å². The molecule has 1 N–H and O–H groups in total. The number of nitrogens with one attached hydrogen (secondary N) is 1. The van der Waals surface area contributed by atoms with E-state index in [2.05, 4.69) is 34.5 Å². The summed E-state index contributed by atoms with van der Waals surface area (Å²) in [5.41, 5.74) is 1.34. The number of carbonyl (C=O) groups is 1. The van der Waals surface area contributed by atoms with Gasteiger partial charge in [0.15, 0.2) is 0 Å². The Kier molecular flexibility index (Phi) is 3.57. The van der Waals surface area contributed by atoms with E-state index in [9.17, 15) is 4.79 Å². The highest BCUT2D eigenvalue weighted by atomic mass is 16.1. The fourth-order valence-electron chi connectivity index (χ4n) is 1.96. The molecule has 1 aliphatic heterocycles. The molecule has 0 spiro atoms. The normalized spacial score (nSPS) is 16.8. The third-order valence-corrected chi connectivity index (χ3v) is 2.89. The molecule has 0 aromatic heterocycles. The van der Waals surface area contributed by atoms with E-state index in [0.717, 1.165) is 19.6 Å². The van der Waals surface area contributed by atoms with Gasteiger partial charge in [-0.1, -0.05) is 37.3 Å². The van der Waals surface area contributed by atoms with Crippen LogP contribution >= 0.6 is 0 Å². The van der Waals surface area contributed by atoms with E-state index in [-0.39, 0.29) is 5.91 Å². The first-order valence-electron chi connectivity index (χ1n) is 5.83. The molecule has 1 aromatic rings. The molecular weight excluding hydrogens is 200 g/mol. The summed E-state index contributed by atoms with van der Waals surface area (Å²) in [6.45, 7) is 4.82. The Morgan fingerprint density at radius 1 is 1.38 bits per heavy atom. The fourth-order valence-corrected chi connectivity index (χ4v) is 1.96. The highest BCUT2D eigenvalue weighted by Crippen LogP contribution is 2.12. The van der Waals surface area contributed by atoms with Crippen molar-refractivity contribution >= 4 is 5.91 Å². The first kappa shape index (κ1) is 11.1. The topological polar surface area (TPSA) is 32.3 Å². The van der Waals surface area contributed by atoms with E-state index in [0.29, 0.717) is 12.5 Å². The zero-order valence-corrected chi connectivity index (χ0v) is 9.65. The van der Waals surface area contributed by atoms with E-state index < -0.39 is 0 Å². The van der Waals surface area contributed by atoms with E-state index in [1.54, 1.807) is 0 Å². The summed E-state index contributed by atoms with van der Waals surface area (Å²) in [5, 5.41) is 3.00. The standard InChI is InChI=1S/C13H18N2O/c1-2-13(16)14-12-9-15(10-12)8-11-6-4-3-5-7-11/h3-7,12H,2,8-10H2,1H3,(H,14,16). The second-order valence-electron chi connectivity index (χ2n) is 4.30. The molecule has 1 aliphatic rings. The quantitative estimate of drug-likeness (QED) is 0.828. The summed E-state index contributed by atoms with van der Waals surface area (Å²) in [6.07, 6.45) is 0.579. The fraction of sp³-hybridized carbons (Fsp3) is 0.462. The predicted octanol–water partition coefficient (Wildman–Crippen LogP) is 1.40. The van der Waals surface area contributed by atoms with E-state index in [1.165, 1.54) is 5.56 Å². The Hall–Kier alpha value is -1.35. The lowest BCUT2D eigenvalue weighted by atomic mass is 10.1. The first-order chi connectivity index (χ1) is 7.78. The third kappa shape index (κ3) is 2.83. The van der Waals surface area contributed by atoms with Crippen LogP contribution in [0.3, 0.4) is 0 Å². The van der Waals surface area contributed by atoms with Crippen molar-refractivity contribution in [1.29, 1.82) is 0 Å². The molecule has 1 saturated heterocycles. The summed E-state index contributed by atoms with van der Waals surface area (Å²) < 4.78 is 0. The molecule has 1 fully saturated rings. The lowest BCUT2D eigenvalue weighted by Gasteiger charge is -2.39. The second-order valence-corrected chi connectivity index (χ2v) is 4.30. The SMILES string of the molecule is CCC(=O)NC1CN(Cc2ccccc2)C1. The number of benzene rings is 1. The molecule has 3 nitrogen and oxygen atoms in total. The van der Waals surface area contributed by atoms with Gasteiger partial charge in [-0.05, 0) is 5.56 Å². The molecule has 16 heavy (non-hydrogen) atoms. The first-order valence-corrected chi connectivity index (χ1v) is 5.83. The van der Waals surface area contributed by atoms with Gasteiger partial charge in [0.05, 0.1) is 6.04 Å². The molecule has 0 radical (unpaired) electrons. The number of carbonyl (C=O) groups excluding carboxylic acids is 1. The summed E-state index contributed by atoms with van der Waals surface area (Å²) in [6, 6.07) is 10.8. The molecule has 2 rings (SSSR count). The average molecular weight is 218 g/mol. The van der Waals surface area contributed by atoms with Crippen molar-refractivity contribution in [1.82, 2.24) is 10.2 Å². The van der Waals surface area contributed by atoms with Crippen LogP contribution < -0.4 is 5.32 Å². The summed E-state index contributed by atoms with van der Waals surface area (Å²) >= 11 is 0. The number of hydrogen-bond acceptors (Lipinski definition) is 2. The van der Waals surface area contributed by atoms with Crippen molar-refractivity contribution in [3.8, 4) is 0 Å². The van der Waals surface area contributed by atoms with Crippen LogP contribution in [0.4, 0.5) is 0 Å². The van der Waals surface area contributed by atoms with Crippen LogP contribution in [-0.4, -0.2) is 29.9 Å². The molecular formula is C13H18N2O. The van der Waals surface area contributed by atoms with Crippen LogP contribution in [0.1, 0.15) is 18.9 Å². The largest absolute Gasteiger partial charge is 0.351 e. The van der Waals surface area contributed by atoms with Crippen LogP contribution in [0.25, 0.3) is 0 Å². The van der Waals surface area contributed by atoms with Gasteiger partial charge in [-0.25, -0.2) is 0 Å². The van der Waals surface area contributed by atoms with Crippen molar-refractivity contribution in [2.45, 2.75) is 25.9 Å². The molecule has 86 valence electrons. The maximum absolute atomic E-state index is 11.2. The van der Waals surface area contributed by atoms with E-state index in [1.807, 2.05) is 13.0 Å². The van der Waals surface area contributed by atoms with Crippen molar-refractivity contribution in [3.63, 3.8) is 0 Å². The van der Waals surface area contributed by atoms with Crippen LogP contribution in [-0.2, 0) is 11.3 Å². The van der Waals surface area contributed by atoms with Crippen LogP contribution in [0, 0.1) is 0 Å². The van der Waals surface area contributed by atoms with E-state index in [4.69, 9.17) is 0 Å². The number of rotatable bonds is 4. The third-order valence-electron chi connectivity index (χ3n) is 2.89. The van der Waals surface area contributed by atoms with Gasteiger partial charge in [0.2, 0.25) is 5.91 Å². The number of likely N-dealkylation sites (tertiary alicyclic amines) is 1. The van der Waals surface area contributed by atoms with Crippen LogP contribution in [0.2, 0.25) is 0 Å². The smallest absolute Gasteiger partial charge is 0.220 e. The van der Waals surface area contributed by atoms with Gasteiger partial charge in [-0.15, -0.1) is 0 Å². The highest BCUT2D eigenvalue weighted by Gasteiger charge is 2.27. The van der Waals surface area contributed by atoms with Gasteiger partial charge in [-0.3, -0.25) is 9.69 Å². The minimum absolute atomic E-state index is 0.157. The van der Waals surface area contributed by atoms with Gasteiger partial charge in [-0.2, -0.15) is 0 Å². The zero-order valence-electron chi connectivity index (χ0n) is 9.65. The maximum Gasteiger partial charge on any atom is 0.220 e. The van der Waals surface area contributed by atoms with E-state index >= 15 is 0 Å². The number of nitrogens with zero attached hydrogens (tertiary/aromatic N) is 1. The summed E-state index contributed by atoms with van der Waals surface area (Å²) in [5.74, 6) is 0.157. The molecule has 3 heteroatoms. The molecule has 1 amide bonds. The molecule has 0 bridgehead atoms. The molecule has 0 aliphatic carbocycles. The lowest BCUT2D eigenvalue weighted by Crippen LogP contribution is -2.58. The molecule has 1 aromatic carbocycles.